The number of rotatable bonds is 6. The number of hydrogen-bond donors (Lipinski definition) is 1. The van der Waals surface area contributed by atoms with Crippen LogP contribution in [0, 0.1) is 0 Å². The van der Waals surface area contributed by atoms with Crippen molar-refractivity contribution in [2.45, 2.75) is 39.4 Å². The summed E-state index contributed by atoms with van der Waals surface area (Å²) in [6.45, 7) is 9.86. The molecule has 0 spiro atoms. The zero-order chi connectivity index (χ0) is 11.4. The van der Waals surface area contributed by atoms with Gasteiger partial charge < -0.3 is 5.32 Å². The molecule has 0 atom stereocenters. The Morgan fingerprint density at radius 1 is 1.50 bits per heavy atom. The number of nitrogens with one attached hydrogen (secondary N) is 1. The number of aryl methyl sites for hydroxylation is 1. The molecule has 16 heavy (non-hydrogen) atoms. The van der Waals surface area contributed by atoms with Gasteiger partial charge in [-0.25, -0.2) is 0 Å². The van der Waals surface area contributed by atoms with Gasteiger partial charge in [0.05, 0.1) is 6.20 Å². The first kappa shape index (κ1) is 11.6. The van der Waals surface area contributed by atoms with Crippen LogP contribution in [0.4, 0.5) is 0 Å². The Morgan fingerprint density at radius 3 is 2.88 bits per heavy atom. The highest BCUT2D eigenvalue weighted by molar-refractivity contribution is 5.04. The lowest BCUT2D eigenvalue weighted by Gasteiger charge is -2.37. The van der Waals surface area contributed by atoms with Crippen LogP contribution in [0.3, 0.4) is 0 Å². The molecule has 0 unspecified atom stereocenters. The van der Waals surface area contributed by atoms with Crippen LogP contribution in [-0.4, -0.2) is 40.4 Å². The van der Waals surface area contributed by atoms with Gasteiger partial charge in [-0.1, -0.05) is 13.8 Å². The first-order valence-corrected chi connectivity index (χ1v) is 6.29. The van der Waals surface area contributed by atoms with Crippen molar-refractivity contribution in [1.82, 2.24) is 20.0 Å². The van der Waals surface area contributed by atoms with E-state index in [9.17, 15) is 0 Å². The van der Waals surface area contributed by atoms with E-state index < -0.39 is 0 Å². The van der Waals surface area contributed by atoms with E-state index in [4.69, 9.17) is 0 Å². The number of hydrogen-bond acceptors (Lipinski definition) is 3. The topological polar surface area (TPSA) is 33.1 Å². The molecule has 1 saturated heterocycles. The molecule has 0 aliphatic carbocycles. The van der Waals surface area contributed by atoms with Gasteiger partial charge in [0.2, 0.25) is 0 Å². The van der Waals surface area contributed by atoms with E-state index in [0.717, 1.165) is 45.2 Å². The van der Waals surface area contributed by atoms with Crippen LogP contribution in [-0.2, 0) is 13.1 Å². The van der Waals surface area contributed by atoms with Crippen molar-refractivity contribution in [2.75, 3.05) is 19.6 Å². The third kappa shape index (κ3) is 2.62. The zero-order valence-corrected chi connectivity index (χ0v) is 10.3. The van der Waals surface area contributed by atoms with Gasteiger partial charge >= 0.3 is 0 Å². The molecular formula is C12H22N4. The number of nitrogens with zero attached hydrogens (tertiary/aromatic N) is 3. The number of likely N-dealkylation sites (N-methyl/N-ethyl adjacent to an activating group) is 1. The maximum absolute atomic E-state index is 4.37. The summed E-state index contributed by atoms with van der Waals surface area (Å²) in [4.78, 5) is 2.52. The fraction of sp³-hybridized carbons (Fsp3) is 0.750. The average Bonchev–Trinajstić information content (AvgIpc) is 2.62. The standard InChI is InChI=1S/C12H22N4/c1-3-5-16-10-11(6-14-16)9-15(4-2)12-7-13-8-12/h6,10,12-13H,3-5,7-9H2,1-2H3. The highest BCUT2D eigenvalue weighted by Crippen LogP contribution is 2.10. The quantitative estimate of drug-likeness (QED) is 0.782. The molecule has 0 saturated carbocycles. The van der Waals surface area contributed by atoms with Gasteiger partial charge in [-0.15, -0.1) is 0 Å². The summed E-state index contributed by atoms with van der Waals surface area (Å²) in [5.74, 6) is 0. The maximum Gasteiger partial charge on any atom is 0.0534 e. The van der Waals surface area contributed by atoms with E-state index in [1.807, 2.05) is 10.9 Å². The molecule has 0 aromatic carbocycles. The van der Waals surface area contributed by atoms with Crippen molar-refractivity contribution >= 4 is 0 Å². The second-order valence-corrected chi connectivity index (χ2v) is 4.49. The fourth-order valence-corrected chi connectivity index (χ4v) is 2.10. The van der Waals surface area contributed by atoms with Gasteiger partial charge in [0.1, 0.15) is 0 Å². The molecule has 0 radical (unpaired) electrons. The molecule has 1 aliphatic heterocycles. The van der Waals surface area contributed by atoms with Crippen LogP contribution in [0.1, 0.15) is 25.8 Å². The van der Waals surface area contributed by atoms with Crippen molar-refractivity contribution in [2.24, 2.45) is 0 Å². The van der Waals surface area contributed by atoms with Crippen molar-refractivity contribution in [3.63, 3.8) is 0 Å². The second kappa shape index (κ2) is 5.46. The van der Waals surface area contributed by atoms with Crippen LogP contribution >= 0.6 is 0 Å². The lowest BCUT2D eigenvalue weighted by molar-refractivity contribution is 0.145. The summed E-state index contributed by atoms with van der Waals surface area (Å²) in [5.41, 5.74) is 1.34. The van der Waals surface area contributed by atoms with Gasteiger partial charge in [-0.2, -0.15) is 5.10 Å². The molecule has 1 fully saturated rings. The van der Waals surface area contributed by atoms with E-state index in [-0.39, 0.29) is 0 Å². The van der Waals surface area contributed by atoms with E-state index in [2.05, 4.69) is 35.4 Å². The molecule has 1 aliphatic rings. The van der Waals surface area contributed by atoms with Gasteiger partial charge in [0.15, 0.2) is 0 Å². The van der Waals surface area contributed by atoms with Crippen molar-refractivity contribution in [3.05, 3.63) is 18.0 Å². The Labute approximate surface area is 97.6 Å². The monoisotopic (exact) mass is 222 g/mol. The van der Waals surface area contributed by atoms with Crippen molar-refractivity contribution in [3.8, 4) is 0 Å². The molecule has 90 valence electrons. The van der Waals surface area contributed by atoms with E-state index in [1.54, 1.807) is 0 Å². The van der Waals surface area contributed by atoms with Crippen LogP contribution in [0.2, 0.25) is 0 Å². The minimum atomic E-state index is 0.722. The molecule has 1 aromatic rings. The molecule has 4 heteroatoms. The summed E-state index contributed by atoms with van der Waals surface area (Å²) in [5, 5.41) is 7.70. The van der Waals surface area contributed by atoms with Crippen LogP contribution < -0.4 is 5.32 Å². The minimum absolute atomic E-state index is 0.722. The third-order valence-electron chi connectivity index (χ3n) is 3.21. The van der Waals surface area contributed by atoms with Crippen LogP contribution in [0.15, 0.2) is 12.4 Å². The Kier molecular flexibility index (Phi) is 3.96. The molecule has 1 N–H and O–H groups in total. The van der Waals surface area contributed by atoms with Gasteiger partial charge in [-0.05, 0) is 13.0 Å². The second-order valence-electron chi connectivity index (χ2n) is 4.49. The smallest absolute Gasteiger partial charge is 0.0534 e. The summed E-state index contributed by atoms with van der Waals surface area (Å²) < 4.78 is 2.04. The van der Waals surface area contributed by atoms with Crippen LogP contribution in [0.5, 0.6) is 0 Å². The molecular weight excluding hydrogens is 200 g/mol. The Balaban J connectivity index is 1.90. The average molecular weight is 222 g/mol. The predicted octanol–water partition coefficient (Wildman–Crippen LogP) is 1.09. The molecule has 2 rings (SSSR count). The molecule has 0 bridgehead atoms. The molecule has 0 amide bonds. The molecule has 4 nitrogen and oxygen atoms in total. The lowest BCUT2D eigenvalue weighted by Crippen LogP contribution is -2.56. The lowest BCUT2D eigenvalue weighted by atomic mass is 10.1. The van der Waals surface area contributed by atoms with Gasteiger partial charge in [-0.3, -0.25) is 9.58 Å². The Bertz CT molecular complexity index is 317. The summed E-state index contributed by atoms with van der Waals surface area (Å²) >= 11 is 0. The zero-order valence-electron chi connectivity index (χ0n) is 10.3. The van der Waals surface area contributed by atoms with E-state index >= 15 is 0 Å². The van der Waals surface area contributed by atoms with Gasteiger partial charge in [0, 0.05) is 44.0 Å². The summed E-state index contributed by atoms with van der Waals surface area (Å²) in [6.07, 6.45) is 5.33. The number of aromatic nitrogens is 2. The Morgan fingerprint density at radius 2 is 2.31 bits per heavy atom. The largest absolute Gasteiger partial charge is 0.314 e. The van der Waals surface area contributed by atoms with Gasteiger partial charge in [0.25, 0.3) is 0 Å². The first-order chi connectivity index (χ1) is 7.83. The highest BCUT2D eigenvalue weighted by atomic mass is 15.3. The Hall–Kier alpha value is -0.870. The maximum atomic E-state index is 4.37. The fourth-order valence-electron chi connectivity index (χ4n) is 2.10. The first-order valence-electron chi connectivity index (χ1n) is 6.29. The molecule has 1 aromatic heterocycles. The molecule has 2 heterocycles. The predicted molar refractivity (Wildman–Crippen MR) is 65.3 cm³/mol. The minimum Gasteiger partial charge on any atom is -0.314 e. The van der Waals surface area contributed by atoms with E-state index in [1.165, 1.54) is 5.56 Å². The highest BCUT2D eigenvalue weighted by Gasteiger charge is 2.23. The SMILES string of the molecule is CCCn1cc(CN(CC)C2CNC2)cn1. The van der Waals surface area contributed by atoms with Crippen molar-refractivity contribution < 1.29 is 0 Å². The summed E-state index contributed by atoms with van der Waals surface area (Å²) in [7, 11) is 0. The van der Waals surface area contributed by atoms with Crippen LogP contribution in [0.25, 0.3) is 0 Å². The normalized spacial score (nSPS) is 16.7. The van der Waals surface area contributed by atoms with E-state index in [0.29, 0.717) is 0 Å². The third-order valence-corrected chi connectivity index (χ3v) is 3.21. The van der Waals surface area contributed by atoms with Crippen molar-refractivity contribution in [1.29, 1.82) is 0 Å². The summed E-state index contributed by atoms with van der Waals surface area (Å²) in [6, 6.07) is 0.722.